The monoisotopic (exact) mass is 301 g/mol. The van der Waals surface area contributed by atoms with Crippen LogP contribution in [0.15, 0.2) is 48.5 Å². The van der Waals surface area contributed by atoms with E-state index in [1.165, 1.54) is 0 Å². The molecule has 0 spiro atoms. The number of carbonyl (C=O) groups excluding carboxylic acids is 1. The van der Waals surface area contributed by atoms with Crippen LogP contribution in [0.1, 0.15) is 5.56 Å². The number of halogens is 1. The van der Waals surface area contributed by atoms with Gasteiger partial charge < -0.3 is 10.0 Å². The van der Waals surface area contributed by atoms with Crippen molar-refractivity contribution in [1.29, 1.82) is 0 Å². The second-order valence-corrected chi connectivity index (χ2v) is 5.30. The molecular formula is C16H12ClNO3. The zero-order chi connectivity index (χ0) is 15.0. The molecule has 1 aliphatic heterocycles. The van der Waals surface area contributed by atoms with E-state index in [1.54, 1.807) is 35.2 Å². The van der Waals surface area contributed by atoms with E-state index in [1.807, 2.05) is 18.2 Å². The molecule has 5 heteroatoms. The minimum atomic E-state index is -1.21. The fraction of sp³-hybridized carbons (Fsp3) is 0.125. The number of carboxylic acids is 1. The van der Waals surface area contributed by atoms with Gasteiger partial charge in [-0.1, -0.05) is 29.8 Å². The van der Waals surface area contributed by atoms with Crippen LogP contribution in [0.25, 0.3) is 0 Å². The molecule has 0 radical (unpaired) electrons. The SMILES string of the molecule is O=C(O)C1C(=O)Cc2cc(Cl)ccc2N1c1ccccc1. The van der Waals surface area contributed by atoms with Crippen LogP contribution in [-0.2, 0) is 16.0 Å². The van der Waals surface area contributed by atoms with Crippen LogP contribution in [-0.4, -0.2) is 22.9 Å². The number of carboxylic acid groups (broad SMARTS) is 1. The number of fused-ring (bicyclic) bond motifs is 1. The van der Waals surface area contributed by atoms with Crippen molar-refractivity contribution in [1.82, 2.24) is 0 Å². The zero-order valence-corrected chi connectivity index (χ0v) is 11.7. The van der Waals surface area contributed by atoms with Crippen molar-refractivity contribution in [2.45, 2.75) is 12.5 Å². The Bertz CT molecular complexity index is 715. The van der Waals surface area contributed by atoms with Gasteiger partial charge in [0.1, 0.15) is 0 Å². The van der Waals surface area contributed by atoms with Gasteiger partial charge in [0.2, 0.25) is 0 Å². The molecule has 0 amide bonds. The van der Waals surface area contributed by atoms with Gasteiger partial charge in [-0.2, -0.15) is 0 Å². The maximum Gasteiger partial charge on any atom is 0.334 e. The van der Waals surface area contributed by atoms with E-state index in [0.717, 1.165) is 5.56 Å². The Labute approximate surface area is 126 Å². The van der Waals surface area contributed by atoms with Gasteiger partial charge in [-0.05, 0) is 35.9 Å². The molecule has 0 saturated carbocycles. The minimum absolute atomic E-state index is 0.0796. The summed E-state index contributed by atoms with van der Waals surface area (Å²) in [6.45, 7) is 0. The first-order valence-electron chi connectivity index (χ1n) is 6.46. The minimum Gasteiger partial charge on any atom is -0.479 e. The van der Waals surface area contributed by atoms with Gasteiger partial charge in [0, 0.05) is 22.8 Å². The van der Waals surface area contributed by atoms with Crippen molar-refractivity contribution >= 4 is 34.7 Å². The van der Waals surface area contributed by atoms with Crippen LogP contribution in [0.4, 0.5) is 11.4 Å². The van der Waals surface area contributed by atoms with E-state index in [0.29, 0.717) is 16.4 Å². The number of Topliss-reactive ketones (excluding diaryl/α,β-unsaturated/α-hetero) is 1. The van der Waals surface area contributed by atoms with Gasteiger partial charge in [0.15, 0.2) is 11.8 Å². The molecule has 1 atom stereocenters. The largest absolute Gasteiger partial charge is 0.479 e. The summed E-state index contributed by atoms with van der Waals surface area (Å²) in [5.41, 5.74) is 2.12. The Balaban J connectivity index is 2.20. The second kappa shape index (κ2) is 5.22. The highest BCUT2D eigenvalue weighted by molar-refractivity contribution is 6.30. The van der Waals surface area contributed by atoms with E-state index < -0.39 is 12.0 Å². The lowest BCUT2D eigenvalue weighted by atomic mass is 9.93. The van der Waals surface area contributed by atoms with E-state index in [4.69, 9.17) is 11.6 Å². The number of rotatable bonds is 2. The van der Waals surface area contributed by atoms with Gasteiger partial charge in [0.25, 0.3) is 0 Å². The average Bonchev–Trinajstić information content (AvgIpc) is 2.46. The van der Waals surface area contributed by atoms with Gasteiger partial charge in [-0.15, -0.1) is 0 Å². The van der Waals surface area contributed by atoms with E-state index in [9.17, 15) is 14.7 Å². The average molecular weight is 302 g/mol. The summed E-state index contributed by atoms with van der Waals surface area (Å²) in [6.07, 6.45) is 0.0796. The Morgan fingerprint density at radius 3 is 2.57 bits per heavy atom. The predicted octanol–water partition coefficient (Wildman–Crippen LogP) is 3.06. The number of benzene rings is 2. The molecule has 2 aromatic carbocycles. The molecule has 0 aromatic heterocycles. The number of nitrogens with zero attached hydrogens (tertiary/aromatic N) is 1. The highest BCUT2D eigenvalue weighted by Gasteiger charge is 2.38. The highest BCUT2D eigenvalue weighted by Crippen LogP contribution is 2.36. The maximum absolute atomic E-state index is 12.2. The molecule has 0 bridgehead atoms. The number of aliphatic carboxylic acids is 1. The third-order valence-electron chi connectivity index (χ3n) is 3.50. The van der Waals surface area contributed by atoms with Crippen molar-refractivity contribution in [2.24, 2.45) is 0 Å². The molecule has 106 valence electrons. The maximum atomic E-state index is 12.2. The Morgan fingerprint density at radius 1 is 1.19 bits per heavy atom. The van der Waals surface area contributed by atoms with Crippen LogP contribution in [0.3, 0.4) is 0 Å². The van der Waals surface area contributed by atoms with E-state index in [2.05, 4.69) is 0 Å². The summed E-state index contributed by atoms with van der Waals surface area (Å²) in [7, 11) is 0. The van der Waals surface area contributed by atoms with Crippen LogP contribution < -0.4 is 4.90 Å². The number of hydrogen-bond acceptors (Lipinski definition) is 3. The summed E-state index contributed by atoms with van der Waals surface area (Å²) in [5, 5.41) is 9.96. The number of carbonyl (C=O) groups is 2. The summed E-state index contributed by atoms with van der Waals surface area (Å²) < 4.78 is 0. The van der Waals surface area contributed by atoms with Crippen molar-refractivity contribution in [3.63, 3.8) is 0 Å². The quantitative estimate of drug-likeness (QED) is 0.866. The topological polar surface area (TPSA) is 57.6 Å². The van der Waals surface area contributed by atoms with Crippen LogP contribution in [0.2, 0.25) is 5.02 Å². The van der Waals surface area contributed by atoms with E-state index in [-0.39, 0.29) is 12.2 Å². The highest BCUT2D eigenvalue weighted by atomic mass is 35.5. The van der Waals surface area contributed by atoms with Crippen LogP contribution >= 0.6 is 11.6 Å². The zero-order valence-electron chi connectivity index (χ0n) is 11.0. The summed E-state index contributed by atoms with van der Waals surface area (Å²) in [4.78, 5) is 25.3. The molecular weight excluding hydrogens is 290 g/mol. The van der Waals surface area contributed by atoms with Crippen molar-refractivity contribution in [3.8, 4) is 0 Å². The molecule has 4 nitrogen and oxygen atoms in total. The first-order valence-corrected chi connectivity index (χ1v) is 6.84. The normalized spacial score (nSPS) is 17.5. The molecule has 1 N–H and O–H groups in total. The lowest BCUT2D eigenvalue weighted by Crippen LogP contribution is -2.48. The molecule has 1 unspecified atom stereocenters. The van der Waals surface area contributed by atoms with E-state index >= 15 is 0 Å². The fourth-order valence-electron chi connectivity index (χ4n) is 2.62. The third kappa shape index (κ3) is 2.38. The molecule has 1 heterocycles. The molecule has 21 heavy (non-hydrogen) atoms. The Morgan fingerprint density at radius 2 is 1.90 bits per heavy atom. The number of hydrogen-bond donors (Lipinski definition) is 1. The van der Waals surface area contributed by atoms with Crippen molar-refractivity contribution < 1.29 is 14.7 Å². The van der Waals surface area contributed by atoms with Gasteiger partial charge in [-0.25, -0.2) is 4.79 Å². The second-order valence-electron chi connectivity index (χ2n) is 4.86. The molecule has 3 rings (SSSR count). The van der Waals surface area contributed by atoms with Crippen LogP contribution in [0, 0.1) is 0 Å². The number of para-hydroxylation sites is 1. The standard InChI is InChI=1S/C16H12ClNO3/c17-11-6-7-13-10(8-11)9-14(19)15(16(20)21)18(13)12-4-2-1-3-5-12/h1-8,15H,9H2,(H,20,21). The van der Waals surface area contributed by atoms with Crippen molar-refractivity contribution in [3.05, 3.63) is 59.1 Å². The Kier molecular flexibility index (Phi) is 3.39. The number of anilines is 2. The van der Waals surface area contributed by atoms with Crippen LogP contribution in [0.5, 0.6) is 0 Å². The third-order valence-corrected chi connectivity index (χ3v) is 3.73. The first kappa shape index (κ1) is 13.6. The molecule has 0 fully saturated rings. The first-order chi connectivity index (χ1) is 10.1. The fourth-order valence-corrected chi connectivity index (χ4v) is 2.82. The summed E-state index contributed by atoms with van der Waals surface area (Å²) in [5.74, 6) is -1.49. The predicted molar refractivity (Wildman–Crippen MR) is 80.2 cm³/mol. The van der Waals surface area contributed by atoms with Gasteiger partial charge in [0.05, 0.1) is 0 Å². The number of ketones is 1. The lowest BCUT2D eigenvalue weighted by molar-refractivity contribution is -0.142. The summed E-state index contributed by atoms with van der Waals surface area (Å²) >= 11 is 5.97. The lowest BCUT2D eigenvalue weighted by Gasteiger charge is -2.35. The molecule has 0 saturated heterocycles. The smallest absolute Gasteiger partial charge is 0.334 e. The van der Waals surface area contributed by atoms with Crippen molar-refractivity contribution in [2.75, 3.05) is 4.90 Å². The molecule has 1 aliphatic rings. The molecule has 2 aromatic rings. The molecule has 0 aliphatic carbocycles. The summed E-state index contributed by atoms with van der Waals surface area (Å²) in [6, 6.07) is 13.0. The Hall–Kier alpha value is -2.33. The van der Waals surface area contributed by atoms with Gasteiger partial charge in [-0.3, -0.25) is 4.79 Å². The van der Waals surface area contributed by atoms with Gasteiger partial charge >= 0.3 is 5.97 Å².